The van der Waals surface area contributed by atoms with Gasteiger partial charge in [-0.15, -0.1) is 0 Å². The van der Waals surface area contributed by atoms with Gasteiger partial charge in [-0.1, -0.05) is 24.3 Å². The summed E-state index contributed by atoms with van der Waals surface area (Å²) in [4.78, 5) is 24.9. The Labute approximate surface area is 166 Å². The smallest absolute Gasteiger partial charge is 0.262 e. The monoisotopic (exact) mass is 395 g/mol. The maximum atomic E-state index is 13.8. The van der Waals surface area contributed by atoms with Crippen molar-refractivity contribution < 1.29 is 13.6 Å². The van der Waals surface area contributed by atoms with E-state index in [2.05, 4.69) is 37.2 Å². The number of para-hydroxylation sites is 1. The Kier molecular flexibility index (Phi) is 5.33. The van der Waals surface area contributed by atoms with Crippen LogP contribution in [-0.2, 0) is 0 Å². The van der Waals surface area contributed by atoms with Crippen LogP contribution in [0.4, 0.5) is 26.1 Å². The predicted molar refractivity (Wildman–Crippen MR) is 107 cm³/mol. The lowest BCUT2D eigenvalue weighted by atomic mass is 10.2. The van der Waals surface area contributed by atoms with Crippen LogP contribution in [0.5, 0.6) is 0 Å². The van der Waals surface area contributed by atoms with Crippen LogP contribution in [-0.4, -0.2) is 42.1 Å². The van der Waals surface area contributed by atoms with Gasteiger partial charge in [0.05, 0.1) is 0 Å². The predicted octanol–water partition coefficient (Wildman–Crippen LogP) is 3.33. The van der Waals surface area contributed by atoms with E-state index in [1.165, 1.54) is 18.1 Å². The minimum Gasteiger partial charge on any atom is -0.368 e. The van der Waals surface area contributed by atoms with Gasteiger partial charge in [-0.2, -0.15) is 0 Å². The molecule has 0 aliphatic carbocycles. The highest BCUT2D eigenvalue weighted by atomic mass is 19.1. The van der Waals surface area contributed by atoms with Gasteiger partial charge < -0.3 is 15.1 Å². The third kappa shape index (κ3) is 4.16. The van der Waals surface area contributed by atoms with Crippen molar-refractivity contribution in [2.75, 3.05) is 41.3 Å². The third-order valence-corrected chi connectivity index (χ3v) is 4.81. The quantitative estimate of drug-likeness (QED) is 0.734. The van der Waals surface area contributed by atoms with E-state index in [0.717, 1.165) is 38.3 Å². The summed E-state index contributed by atoms with van der Waals surface area (Å²) >= 11 is 0. The molecule has 4 rings (SSSR count). The van der Waals surface area contributed by atoms with E-state index in [4.69, 9.17) is 0 Å². The summed E-state index contributed by atoms with van der Waals surface area (Å²) < 4.78 is 27.6. The van der Waals surface area contributed by atoms with Crippen molar-refractivity contribution in [1.29, 1.82) is 0 Å². The maximum Gasteiger partial charge on any atom is 0.262 e. The number of hydrogen-bond acceptors (Lipinski definition) is 5. The van der Waals surface area contributed by atoms with E-state index in [1.807, 2.05) is 18.2 Å². The number of carbonyl (C=O) groups is 1. The van der Waals surface area contributed by atoms with E-state index in [9.17, 15) is 13.6 Å². The molecule has 0 atom stereocenters. The fourth-order valence-corrected chi connectivity index (χ4v) is 3.31. The molecule has 148 valence electrons. The summed E-state index contributed by atoms with van der Waals surface area (Å²) in [6, 6.07) is 15.1. The van der Waals surface area contributed by atoms with Crippen LogP contribution >= 0.6 is 0 Å². The largest absolute Gasteiger partial charge is 0.368 e. The number of amides is 1. The number of nitrogens with one attached hydrogen (secondary N) is 1. The average Bonchev–Trinajstić information content (AvgIpc) is 2.74. The van der Waals surface area contributed by atoms with Crippen LogP contribution in [0.1, 0.15) is 10.4 Å². The molecule has 0 unspecified atom stereocenters. The fourth-order valence-electron chi connectivity index (χ4n) is 3.31. The second-order valence-corrected chi connectivity index (χ2v) is 6.62. The molecule has 1 N–H and O–H groups in total. The molecule has 2 aromatic carbocycles. The molecule has 2 heterocycles. The van der Waals surface area contributed by atoms with Gasteiger partial charge in [-0.25, -0.2) is 18.7 Å². The second-order valence-electron chi connectivity index (χ2n) is 6.62. The SMILES string of the molecule is O=C(Nc1cc(N2CCN(c3ccccc3)CC2)ncn1)c1c(F)cccc1F. The summed E-state index contributed by atoms with van der Waals surface area (Å²) in [6.07, 6.45) is 1.33. The number of piperazine rings is 1. The zero-order valence-electron chi connectivity index (χ0n) is 15.6. The Morgan fingerprint density at radius 2 is 1.52 bits per heavy atom. The number of nitrogens with zero attached hydrogens (tertiary/aromatic N) is 4. The lowest BCUT2D eigenvalue weighted by Crippen LogP contribution is -2.46. The zero-order chi connectivity index (χ0) is 20.2. The number of halogens is 2. The van der Waals surface area contributed by atoms with Crippen LogP contribution in [0.3, 0.4) is 0 Å². The van der Waals surface area contributed by atoms with Gasteiger partial charge in [0.25, 0.3) is 5.91 Å². The molecule has 3 aromatic rings. The average molecular weight is 395 g/mol. The number of benzene rings is 2. The number of rotatable bonds is 4. The van der Waals surface area contributed by atoms with E-state index in [0.29, 0.717) is 5.82 Å². The normalized spacial score (nSPS) is 14.0. The van der Waals surface area contributed by atoms with Crippen molar-refractivity contribution in [3.63, 3.8) is 0 Å². The molecule has 8 heteroatoms. The van der Waals surface area contributed by atoms with E-state index < -0.39 is 23.1 Å². The molecular weight excluding hydrogens is 376 g/mol. The van der Waals surface area contributed by atoms with Gasteiger partial charge in [0.2, 0.25) is 0 Å². The Morgan fingerprint density at radius 1 is 0.862 bits per heavy atom. The summed E-state index contributed by atoms with van der Waals surface area (Å²) in [7, 11) is 0. The Bertz CT molecular complexity index is 987. The Balaban J connectivity index is 1.44. The van der Waals surface area contributed by atoms with Crippen molar-refractivity contribution in [3.8, 4) is 0 Å². The molecule has 0 saturated carbocycles. The summed E-state index contributed by atoms with van der Waals surface area (Å²) in [5, 5.41) is 2.45. The van der Waals surface area contributed by atoms with Crippen LogP contribution in [0, 0.1) is 11.6 Å². The second kappa shape index (κ2) is 8.22. The first-order valence-corrected chi connectivity index (χ1v) is 9.24. The van der Waals surface area contributed by atoms with Crippen LogP contribution in [0.2, 0.25) is 0 Å². The van der Waals surface area contributed by atoms with Crippen molar-refractivity contribution >= 4 is 23.2 Å². The Hall–Kier alpha value is -3.55. The van der Waals surface area contributed by atoms with Crippen LogP contribution < -0.4 is 15.1 Å². The molecule has 0 spiro atoms. The molecule has 0 bridgehead atoms. The highest BCUT2D eigenvalue weighted by Crippen LogP contribution is 2.21. The van der Waals surface area contributed by atoms with Gasteiger partial charge >= 0.3 is 0 Å². The lowest BCUT2D eigenvalue weighted by molar-refractivity contribution is 0.101. The number of aromatic nitrogens is 2. The summed E-state index contributed by atoms with van der Waals surface area (Å²) in [6.45, 7) is 3.16. The first kappa shape index (κ1) is 18.8. The topological polar surface area (TPSA) is 61.4 Å². The third-order valence-electron chi connectivity index (χ3n) is 4.81. The fraction of sp³-hybridized carbons (Fsp3) is 0.190. The minimum absolute atomic E-state index is 0.188. The minimum atomic E-state index is -0.922. The maximum absolute atomic E-state index is 13.8. The molecule has 29 heavy (non-hydrogen) atoms. The molecule has 0 radical (unpaired) electrons. The van der Waals surface area contributed by atoms with Crippen molar-refractivity contribution in [3.05, 3.63) is 78.1 Å². The van der Waals surface area contributed by atoms with Gasteiger partial charge in [-0.05, 0) is 24.3 Å². The molecule has 1 fully saturated rings. The number of anilines is 3. The van der Waals surface area contributed by atoms with Crippen LogP contribution in [0.25, 0.3) is 0 Å². The first-order valence-electron chi connectivity index (χ1n) is 9.24. The molecule has 1 aliphatic heterocycles. The van der Waals surface area contributed by atoms with Crippen molar-refractivity contribution in [2.45, 2.75) is 0 Å². The molecule has 1 amide bonds. The van der Waals surface area contributed by atoms with E-state index in [-0.39, 0.29) is 5.82 Å². The van der Waals surface area contributed by atoms with E-state index >= 15 is 0 Å². The van der Waals surface area contributed by atoms with Gasteiger partial charge in [0.15, 0.2) is 0 Å². The number of hydrogen-bond donors (Lipinski definition) is 1. The van der Waals surface area contributed by atoms with Gasteiger partial charge in [0.1, 0.15) is 35.2 Å². The summed E-state index contributed by atoms with van der Waals surface area (Å²) in [5.74, 6) is -1.90. The molecule has 1 saturated heterocycles. The van der Waals surface area contributed by atoms with Gasteiger partial charge in [-0.3, -0.25) is 4.79 Å². The number of carbonyl (C=O) groups excluding carboxylic acids is 1. The van der Waals surface area contributed by atoms with E-state index in [1.54, 1.807) is 6.07 Å². The molecule has 1 aromatic heterocycles. The first-order chi connectivity index (χ1) is 14.1. The van der Waals surface area contributed by atoms with Crippen LogP contribution in [0.15, 0.2) is 60.9 Å². The van der Waals surface area contributed by atoms with Crippen molar-refractivity contribution in [2.24, 2.45) is 0 Å². The zero-order valence-corrected chi connectivity index (χ0v) is 15.6. The van der Waals surface area contributed by atoms with Gasteiger partial charge in [0, 0.05) is 37.9 Å². The lowest BCUT2D eigenvalue weighted by Gasteiger charge is -2.36. The highest BCUT2D eigenvalue weighted by molar-refractivity contribution is 6.04. The molecular formula is C21H19F2N5O. The standard InChI is InChI=1S/C21H19F2N5O/c22-16-7-4-8-17(23)20(16)21(29)26-18-13-19(25-14-24-18)28-11-9-27(10-12-28)15-5-2-1-3-6-15/h1-8,13-14H,9-12H2,(H,24,25,26,29). The van der Waals surface area contributed by atoms with Crippen molar-refractivity contribution in [1.82, 2.24) is 9.97 Å². The Morgan fingerprint density at radius 3 is 2.21 bits per heavy atom. The highest BCUT2D eigenvalue weighted by Gasteiger charge is 2.20. The molecule has 6 nitrogen and oxygen atoms in total. The molecule has 1 aliphatic rings. The summed E-state index contributed by atoms with van der Waals surface area (Å²) in [5.41, 5.74) is 0.541.